The van der Waals surface area contributed by atoms with Crippen molar-refractivity contribution in [2.45, 2.75) is 18.9 Å². The van der Waals surface area contributed by atoms with Gasteiger partial charge in [-0.05, 0) is 67.1 Å². The lowest BCUT2D eigenvalue weighted by Gasteiger charge is -2.25. The molecule has 0 bridgehead atoms. The van der Waals surface area contributed by atoms with Crippen LogP contribution in [0, 0.1) is 11.8 Å². The van der Waals surface area contributed by atoms with Crippen LogP contribution in [-0.2, 0) is 0 Å². The largest absolute Gasteiger partial charge is 0.507 e. The van der Waals surface area contributed by atoms with Crippen molar-refractivity contribution in [1.29, 1.82) is 0 Å². The zero-order valence-corrected chi connectivity index (χ0v) is 17.7. The molecule has 1 unspecified atom stereocenters. The Bertz CT molecular complexity index is 1060. The fraction of sp³-hybridized carbons (Fsp3) is 0.391. The van der Waals surface area contributed by atoms with Gasteiger partial charge in [-0.3, -0.25) is 0 Å². The summed E-state index contributed by atoms with van der Waals surface area (Å²) in [6.07, 6.45) is 5.78. The highest BCUT2D eigenvalue weighted by atomic mass is 16.5. The van der Waals surface area contributed by atoms with Crippen LogP contribution in [0.2, 0.25) is 0 Å². The number of nitrogens with zero attached hydrogens (tertiary/aromatic N) is 5. The molecule has 1 saturated heterocycles. The highest BCUT2D eigenvalue weighted by Gasteiger charge is 2.39. The number of fused-ring (bicyclic) bond motifs is 1. The molecular formula is C23H26N6O2. The Morgan fingerprint density at radius 2 is 1.81 bits per heavy atom. The van der Waals surface area contributed by atoms with Gasteiger partial charge in [0.25, 0.3) is 0 Å². The highest BCUT2D eigenvalue weighted by Crippen LogP contribution is 2.38. The molecule has 1 aliphatic carbocycles. The van der Waals surface area contributed by atoms with E-state index in [9.17, 15) is 5.11 Å². The van der Waals surface area contributed by atoms with Crippen molar-refractivity contribution in [3.8, 4) is 34.1 Å². The van der Waals surface area contributed by atoms with Crippen LogP contribution < -0.4 is 15.0 Å². The monoisotopic (exact) mass is 418 g/mol. The number of hydrogen-bond acceptors (Lipinski definition) is 8. The van der Waals surface area contributed by atoms with Gasteiger partial charge in [0.1, 0.15) is 5.75 Å². The molecule has 2 aromatic heterocycles. The maximum atomic E-state index is 10.6. The third kappa shape index (κ3) is 3.79. The standard InChI is InChI=1S/C23H26N6O2/c1-29(18-7-16-11-24-12-17(16)8-18)21-13-26-23(28-27-21)19-4-3-14(9-20(19)30)15-5-6-25-22(10-15)31-2/h3-6,9-10,13,16-18,24,30H,7-8,11-12H2,1-2H3/t16-,17+,18?. The number of aromatic nitrogens is 4. The first kappa shape index (κ1) is 19.7. The van der Waals surface area contributed by atoms with Crippen molar-refractivity contribution in [1.82, 2.24) is 25.5 Å². The van der Waals surface area contributed by atoms with E-state index in [0.717, 1.165) is 41.9 Å². The summed E-state index contributed by atoms with van der Waals surface area (Å²) in [6, 6.07) is 9.58. The highest BCUT2D eigenvalue weighted by molar-refractivity contribution is 5.73. The molecule has 0 amide bonds. The van der Waals surface area contributed by atoms with Crippen LogP contribution in [0.15, 0.2) is 42.7 Å². The molecule has 5 rings (SSSR count). The van der Waals surface area contributed by atoms with Crippen LogP contribution in [0.3, 0.4) is 0 Å². The lowest BCUT2D eigenvalue weighted by Crippen LogP contribution is -2.32. The van der Waals surface area contributed by atoms with Gasteiger partial charge < -0.3 is 20.1 Å². The Morgan fingerprint density at radius 3 is 2.48 bits per heavy atom. The first-order valence-corrected chi connectivity index (χ1v) is 10.6. The van der Waals surface area contributed by atoms with E-state index in [1.54, 1.807) is 25.6 Å². The summed E-state index contributed by atoms with van der Waals surface area (Å²) in [6.45, 7) is 2.25. The Hall–Kier alpha value is -3.26. The molecule has 1 aromatic carbocycles. The minimum atomic E-state index is 0.104. The lowest BCUT2D eigenvalue weighted by molar-refractivity contribution is 0.398. The molecule has 160 valence electrons. The summed E-state index contributed by atoms with van der Waals surface area (Å²) in [5.41, 5.74) is 2.31. The van der Waals surface area contributed by atoms with Crippen LogP contribution in [0.5, 0.6) is 11.6 Å². The number of aromatic hydroxyl groups is 1. The second-order valence-electron chi connectivity index (χ2n) is 8.37. The van der Waals surface area contributed by atoms with Crippen LogP contribution in [0.1, 0.15) is 12.8 Å². The third-order valence-electron chi connectivity index (χ3n) is 6.60. The lowest BCUT2D eigenvalue weighted by atomic mass is 10.0. The van der Waals surface area contributed by atoms with Crippen molar-refractivity contribution in [2.75, 3.05) is 32.1 Å². The van der Waals surface area contributed by atoms with Gasteiger partial charge in [-0.25, -0.2) is 9.97 Å². The van der Waals surface area contributed by atoms with Gasteiger partial charge in [0.2, 0.25) is 5.88 Å². The van der Waals surface area contributed by atoms with Crippen molar-refractivity contribution in [3.05, 3.63) is 42.7 Å². The van der Waals surface area contributed by atoms with Gasteiger partial charge in [0.15, 0.2) is 11.6 Å². The minimum Gasteiger partial charge on any atom is -0.507 e. The summed E-state index contributed by atoms with van der Waals surface area (Å²) in [4.78, 5) is 10.8. The zero-order chi connectivity index (χ0) is 21.4. The maximum Gasteiger partial charge on any atom is 0.213 e. The second kappa shape index (κ2) is 8.11. The average molecular weight is 419 g/mol. The number of pyridine rings is 1. The number of methoxy groups -OCH3 is 1. The molecule has 2 fully saturated rings. The summed E-state index contributed by atoms with van der Waals surface area (Å²) in [5.74, 6) is 3.33. The van der Waals surface area contributed by atoms with E-state index in [1.807, 2.05) is 24.3 Å². The number of benzene rings is 1. The predicted octanol–water partition coefficient (Wildman–Crippen LogP) is 2.75. The van der Waals surface area contributed by atoms with E-state index in [2.05, 4.69) is 37.4 Å². The number of phenols is 1. The smallest absolute Gasteiger partial charge is 0.213 e. The molecule has 3 atom stereocenters. The predicted molar refractivity (Wildman–Crippen MR) is 118 cm³/mol. The number of ether oxygens (including phenoxy) is 1. The van der Waals surface area contributed by atoms with Crippen molar-refractivity contribution in [3.63, 3.8) is 0 Å². The summed E-state index contributed by atoms with van der Waals surface area (Å²) in [7, 11) is 3.65. The molecular weight excluding hydrogens is 392 g/mol. The van der Waals surface area contributed by atoms with Crippen LogP contribution in [0.25, 0.3) is 22.5 Å². The molecule has 3 heterocycles. The quantitative estimate of drug-likeness (QED) is 0.653. The van der Waals surface area contributed by atoms with Crippen molar-refractivity contribution >= 4 is 5.82 Å². The fourth-order valence-corrected chi connectivity index (χ4v) is 4.79. The molecule has 3 aromatic rings. The normalized spacial score (nSPS) is 22.3. The molecule has 1 aliphatic heterocycles. The molecule has 31 heavy (non-hydrogen) atoms. The Morgan fingerprint density at radius 1 is 1.03 bits per heavy atom. The van der Waals surface area contributed by atoms with Gasteiger partial charge in [-0.1, -0.05) is 6.07 Å². The van der Waals surface area contributed by atoms with Gasteiger partial charge in [-0.2, -0.15) is 0 Å². The molecule has 0 radical (unpaired) electrons. The average Bonchev–Trinajstić information content (AvgIpc) is 3.41. The topological polar surface area (TPSA) is 96.3 Å². The van der Waals surface area contributed by atoms with Crippen LogP contribution >= 0.6 is 0 Å². The number of hydrogen-bond donors (Lipinski definition) is 2. The van der Waals surface area contributed by atoms with Gasteiger partial charge in [0.05, 0.1) is 18.9 Å². The van der Waals surface area contributed by atoms with Gasteiger partial charge in [-0.15, -0.1) is 10.2 Å². The number of rotatable bonds is 5. The number of anilines is 1. The first-order chi connectivity index (χ1) is 15.1. The summed E-state index contributed by atoms with van der Waals surface area (Å²) < 4.78 is 5.18. The molecule has 8 nitrogen and oxygen atoms in total. The fourth-order valence-electron chi connectivity index (χ4n) is 4.79. The first-order valence-electron chi connectivity index (χ1n) is 10.6. The molecule has 2 aliphatic rings. The molecule has 8 heteroatoms. The molecule has 0 spiro atoms. The third-order valence-corrected chi connectivity index (χ3v) is 6.60. The van der Waals surface area contributed by atoms with Crippen LogP contribution in [0.4, 0.5) is 5.82 Å². The SMILES string of the molecule is COc1cc(-c2ccc(-c3ncc(N(C)C4C[C@H]5CNC[C@H]5C4)nn3)c(O)c2)ccn1. The Kier molecular flexibility index (Phi) is 5.15. The van der Waals surface area contributed by atoms with Crippen molar-refractivity contribution in [2.24, 2.45) is 11.8 Å². The summed E-state index contributed by atoms with van der Waals surface area (Å²) >= 11 is 0. The van der Waals surface area contributed by atoms with E-state index in [1.165, 1.54) is 12.8 Å². The second-order valence-corrected chi connectivity index (χ2v) is 8.37. The number of nitrogens with one attached hydrogen (secondary N) is 1. The van der Waals surface area contributed by atoms with E-state index < -0.39 is 0 Å². The van der Waals surface area contributed by atoms with E-state index >= 15 is 0 Å². The molecule has 1 saturated carbocycles. The zero-order valence-electron chi connectivity index (χ0n) is 17.7. The van der Waals surface area contributed by atoms with E-state index in [4.69, 9.17) is 4.74 Å². The Balaban J connectivity index is 1.33. The van der Waals surface area contributed by atoms with E-state index in [-0.39, 0.29) is 5.75 Å². The Labute approximate surface area is 181 Å². The van der Waals surface area contributed by atoms with E-state index in [0.29, 0.717) is 23.3 Å². The minimum absolute atomic E-state index is 0.104. The number of phenolic OH excluding ortho intramolecular Hbond substituents is 1. The molecule has 2 N–H and O–H groups in total. The van der Waals surface area contributed by atoms with Gasteiger partial charge >= 0.3 is 0 Å². The van der Waals surface area contributed by atoms with Crippen molar-refractivity contribution < 1.29 is 9.84 Å². The summed E-state index contributed by atoms with van der Waals surface area (Å²) in [5, 5.41) is 22.8. The maximum absolute atomic E-state index is 10.6. The van der Waals surface area contributed by atoms with Gasteiger partial charge in [0, 0.05) is 25.4 Å². The van der Waals surface area contributed by atoms with Crippen LogP contribution in [-0.4, -0.2) is 58.6 Å².